The molecule has 0 unspecified atom stereocenters. The Balaban J connectivity index is 2.01. The predicted molar refractivity (Wildman–Crippen MR) is 100 cm³/mol. The van der Waals surface area contributed by atoms with Gasteiger partial charge in [-0.25, -0.2) is 4.98 Å². The van der Waals surface area contributed by atoms with E-state index in [1.54, 1.807) is 19.3 Å². The van der Waals surface area contributed by atoms with Crippen LogP contribution in [0.4, 0.5) is 5.82 Å². The molecule has 0 aliphatic rings. The summed E-state index contributed by atoms with van der Waals surface area (Å²) >= 11 is 0. The van der Waals surface area contributed by atoms with E-state index in [1.165, 1.54) is 6.08 Å². The van der Waals surface area contributed by atoms with Gasteiger partial charge in [0.15, 0.2) is 11.5 Å². The van der Waals surface area contributed by atoms with Gasteiger partial charge in [0.25, 0.3) is 0 Å². The minimum absolute atomic E-state index is 0.236. The van der Waals surface area contributed by atoms with Crippen LogP contribution < -0.4 is 14.8 Å². The van der Waals surface area contributed by atoms with Crippen molar-refractivity contribution < 1.29 is 14.3 Å². The summed E-state index contributed by atoms with van der Waals surface area (Å²) in [6.07, 6.45) is 5.27. The number of aryl methyl sites for hydroxylation is 1. The highest BCUT2D eigenvalue weighted by molar-refractivity contribution is 6.01. The molecule has 132 valence electrons. The highest BCUT2D eigenvalue weighted by atomic mass is 16.5. The number of rotatable bonds is 8. The Hall–Kier alpha value is -2.82. The summed E-state index contributed by atoms with van der Waals surface area (Å²) in [5.74, 6) is 1.66. The van der Waals surface area contributed by atoms with Crippen LogP contribution in [0.2, 0.25) is 0 Å². The minimum atomic E-state index is -0.236. The van der Waals surface area contributed by atoms with Gasteiger partial charge in [0, 0.05) is 11.8 Å². The number of benzene rings is 1. The van der Waals surface area contributed by atoms with Crippen molar-refractivity contribution in [1.29, 1.82) is 0 Å². The van der Waals surface area contributed by atoms with Gasteiger partial charge in [-0.15, -0.1) is 0 Å². The Kier molecular flexibility index (Phi) is 7.01. The lowest BCUT2D eigenvalue weighted by molar-refractivity contribution is -0.111. The summed E-state index contributed by atoms with van der Waals surface area (Å²) in [5.41, 5.74) is 1.71. The number of carbonyl (C=O) groups is 1. The van der Waals surface area contributed by atoms with E-state index in [1.807, 2.05) is 37.3 Å². The molecule has 1 aromatic carbocycles. The number of methoxy groups -OCH3 is 1. The number of aromatic nitrogens is 1. The highest BCUT2D eigenvalue weighted by Gasteiger charge is 2.05. The predicted octanol–water partition coefficient (Wildman–Crippen LogP) is 4.23. The summed E-state index contributed by atoms with van der Waals surface area (Å²) in [4.78, 5) is 16.2. The largest absolute Gasteiger partial charge is 0.493 e. The van der Waals surface area contributed by atoms with Gasteiger partial charge in [-0.2, -0.15) is 0 Å². The maximum atomic E-state index is 12.0. The van der Waals surface area contributed by atoms with Crippen LogP contribution in [-0.2, 0) is 4.79 Å². The number of nitrogens with one attached hydrogen (secondary N) is 1. The number of carbonyl (C=O) groups excluding carboxylic acids is 1. The van der Waals surface area contributed by atoms with Gasteiger partial charge in [-0.1, -0.05) is 25.5 Å². The summed E-state index contributed by atoms with van der Waals surface area (Å²) < 4.78 is 11.1. The molecule has 0 bridgehead atoms. The molecule has 1 heterocycles. The van der Waals surface area contributed by atoms with Crippen molar-refractivity contribution in [3.05, 3.63) is 53.7 Å². The van der Waals surface area contributed by atoms with Crippen LogP contribution in [0.15, 0.2) is 42.5 Å². The molecule has 5 nitrogen and oxygen atoms in total. The molecule has 0 saturated heterocycles. The van der Waals surface area contributed by atoms with Crippen molar-refractivity contribution in [2.24, 2.45) is 0 Å². The van der Waals surface area contributed by atoms with Crippen LogP contribution >= 0.6 is 0 Å². The second-order valence-electron chi connectivity index (χ2n) is 5.60. The number of amides is 1. The van der Waals surface area contributed by atoms with Crippen molar-refractivity contribution >= 4 is 17.8 Å². The van der Waals surface area contributed by atoms with Gasteiger partial charge in [0.05, 0.1) is 13.7 Å². The SMILES string of the molecule is CCCCOc1ccc(/C=C/C(=O)Nc2cccc(C)n2)cc1OC. The zero-order valence-electron chi connectivity index (χ0n) is 14.9. The van der Waals surface area contributed by atoms with Crippen molar-refractivity contribution in [3.63, 3.8) is 0 Å². The van der Waals surface area contributed by atoms with Crippen molar-refractivity contribution in [1.82, 2.24) is 4.98 Å². The maximum absolute atomic E-state index is 12.0. The molecule has 0 aliphatic carbocycles. The normalized spacial score (nSPS) is 10.7. The molecule has 25 heavy (non-hydrogen) atoms. The average Bonchev–Trinajstić information content (AvgIpc) is 2.61. The molecule has 0 fully saturated rings. The van der Waals surface area contributed by atoms with Gasteiger partial charge in [-0.3, -0.25) is 4.79 Å². The van der Waals surface area contributed by atoms with Crippen LogP contribution in [0, 0.1) is 6.92 Å². The molecule has 1 amide bonds. The number of hydrogen-bond acceptors (Lipinski definition) is 4. The molecular formula is C20H24N2O3. The van der Waals surface area contributed by atoms with Crippen molar-refractivity contribution in [2.75, 3.05) is 19.0 Å². The third-order valence-electron chi connectivity index (χ3n) is 3.51. The fraction of sp³-hybridized carbons (Fsp3) is 0.300. The number of hydrogen-bond donors (Lipinski definition) is 1. The van der Waals surface area contributed by atoms with E-state index >= 15 is 0 Å². The van der Waals surface area contributed by atoms with Gasteiger partial charge >= 0.3 is 0 Å². The van der Waals surface area contributed by atoms with Crippen LogP contribution in [0.25, 0.3) is 6.08 Å². The zero-order valence-corrected chi connectivity index (χ0v) is 14.9. The second-order valence-corrected chi connectivity index (χ2v) is 5.60. The second kappa shape index (κ2) is 9.47. The summed E-state index contributed by atoms with van der Waals surface area (Å²) in [5, 5.41) is 2.73. The first-order chi connectivity index (χ1) is 12.1. The standard InChI is InChI=1S/C20H24N2O3/c1-4-5-13-25-17-11-9-16(14-18(17)24-3)10-12-20(23)22-19-8-6-7-15(2)21-19/h6-12,14H,4-5,13H2,1-3H3,(H,21,22,23)/b12-10+. The number of ether oxygens (including phenoxy) is 2. The fourth-order valence-electron chi connectivity index (χ4n) is 2.19. The topological polar surface area (TPSA) is 60.5 Å². The molecule has 1 aromatic heterocycles. The van der Waals surface area contributed by atoms with E-state index in [0.717, 1.165) is 24.1 Å². The smallest absolute Gasteiger partial charge is 0.249 e. The maximum Gasteiger partial charge on any atom is 0.249 e. The third kappa shape index (κ3) is 5.95. The summed E-state index contributed by atoms with van der Waals surface area (Å²) in [6.45, 7) is 4.65. The Morgan fingerprint density at radius 3 is 2.80 bits per heavy atom. The van der Waals surface area contributed by atoms with Crippen LogP contribution in [0.1, 0.15) is 31.0 Å². The average molecular weight is 340 g/mol. The lowest BCUT2D eigenvalue weighted by Gasteiger charge is -2.10. The first kappa shape index (κ1) is 18.5. The first-order valence-corrected chi connectivity index (χ1v) is 8.36. The van der Waals surface area contributed by atoms with E-state index in [0.29, 0.717) is 23.9 Å². The van der Waals surface area contributed by atoms with Crippen molar-refractivity contribution in [2.45, 2.75) is 26.7 Å². The van der Waals surface area contributed by atoms with E-state index in [2.05, 4.69) is 17.2 Å². The minimum Gasteiger partial charge on any atom is -0.493 e. The van der Waals surface area contributed by atoms with Crippen molar-refractivity contribution in [3.8, 4) is 11.5 Å². The number of nitrogens with zero attached hydrogens (tertiary/aromatic N) is 1. The number of unbranched alkanes of at least 4 members (excludes halogenated alkanes) is 1. The van der Waals surface area contributed by atoms with Crippen LogP contribution in [-0.4, -0.2) is 24.6 Å². The molecule has 1 N–H and O–H groups in total. The third-order valence-corrected chi connectivity index (χ3v) is 3.51. The Morgan fingerprint density at radius 2 is 2.08 bits per heavy atom. The monoisotopic (exact) mass is 340 g/mol. The van der Waals surface area contributed by atoms with E-state index in [4.69, 9.17) is 9.47 Å². The molecule has 2 rings (SSSR count). The van der Waals surface area contributed by atoms with E-state index < -0.39 is 0 Å². The fourth-order valence-corrected chi connectivity index (χ4v) is 2.19. The zero-order chi connectivity index (χ0) is 18.1. The molecule has 0 saturated carbocycles. The van der Waals surface area contributed by atoms with Crippen LogP contribution in [0.3, 0.4) is 0 Å². The van der Waals surface area contributed by atoms with Gasteiger partial charge in [0.1, 0.15) is 5.82 Å². The molecule has 0 radical (unpaired) electrons. The molecule has 0 spiro atoms. The first-order valence-electron chi connectivity index (χ1n) is 8.36. The summed E-state index contributed by atoms with van der Waals surface area (Å²) in [7, 11) is 1.60. The van der Waals surface area contributed by atoms with E-state index in [-0.39, 0.29) is 5.91 Å². The van der Waals surface area contributed by atoms with Gasteiger partial charge in [0.2, 0.25) is 5.91 Å². The van der Waals surface area contributed by atoms with Crippen LogP contribution in [0.5, 0.6) is 11.5 Å². The molecule has 0 aliphatic heterocycles. The quantitative estimate of drug-likeness (QED) is 0.577. The molecule has 0 atom stereocenters. The van der Waals surface area contributed by atoms with Gasteiger partial charge < -0.3 is 14.8 Å². The number of anilines is 1. The van der Waals surface area contributed by atoms with E-state index in [9.17, 15) is 4.79 Å². The Bertz CT molecular complexity index is 741. The molecule has 5 heteroatoms. The lowest BCUT2D eigenvalue weighted by Crippen LogP contribution is -2.09. The van der Waals surface area contributed by atoms with Gasteiger partial charge in [-0.05, 0) is 49.2 Å². The highest BCUT2D eigenvalue weighted by Crippen LogP contribution is 2.28. The number of pyridine rings is 1. The summed E-state index contributed by atoms with van der Waals surface area (Å²) in [6, 6.07) is 11.1. The Morgan fingerprint density at radius 1 is 1.24 bits per heavy atom. The lowest BCUT2D eigenvalue weighted by atomic mass is 10.2. The Labute approximate surface area is 148 Å². The molecular weight excluding hydrogens is 316 g/mol. The molecule has 2 aromatic rings.